The average molecular weight is 318 g/mol. The van der Waals surface area contributed by atoms with E-state index in [1.54, 1.807) is 30.3 Å². The Kier molecular flexibility index (Phi) is 3.50. The topological polar surface area (TPSA) is 38.1 Å². The maximum absolute atomic E-state index is 14.1. The maximum atomic E-state index is 14.1. The first-order valence-corrected chi connectivity index (χ1v) is 7.70. The van der Waals surface area contributed by atoms with Crippen molar-refractivity contribution in [2.45, 2.75) is 6.54 Å². The van der Waals surface area contributed by atoms with Crippen LogP contribution in [0.15, 0.2) is 72.8 Å². The minimum atomic E-state index is -0.239. The fourth-order valence-corrected chi connectivity index (χ4v) is 2.90. The van der Waals surface area contributed by atoms with Crippen LogP contribution in [0.1, 0.15) is 5.56 Å². The van der Waals surface area contributed by atoms with Crippen molar-refractivity contribution in [3.8, 4) is 17.1 Å². The molecular formula is C20H15FN2O. The van der Waals surface area contributed by atoms with Gasteiger partial charge < -0.3 is 9.67 Å². The van der Waals surface area contributed by atoms with Gasteiger partial charge in [-0.15, -0.1) is 0 Å². The molecule has 0 unspecified atom stereocenters. The molecule has 0 aliphatic rings. The molecule has 3 aromatic carbocycles. The third kappa shape index (κ3) is 2.52. The monoisotopic (exact) mass is 318 g/mol. The van der Waals surface area contributed by atoms with Crippen molar-refractivity contribution >= 4 is 11.0 Å². The molecule has 0 amide bonds. The summed E-state index contributed by atoms with van der Waals surface area (Å²) in [6.45, 7) is 0.373. The lowest BCUT2D eigenvalue weighted by atomic mass is 10.1. The van der Waals surface area contributed by atoms with Crippen molar-refractivity contribution < 1.29 is 9.50 Å². The summed E-state index contributed by atoms with van der Waals surface area (Å²) in [7, 11) is 0. The fraction of sp³-hybridized carbons (Fsp3) is 0.0500. The number of hydrogen-bond donors (Lipinski definition) is 1. The van der Waals surface area contributed by atoms with Gasteiger partial charge in [0.05, 0.1) is 17.6 Å². The van der Waals surface area contributed by atoms with Gasteiger partial charge in [0, 0.05) is 11.1 Å². The Morgan fingerprint density at radius 1 is 0.917 bits per heavy atom. The first kappa shape index (κ1) is 14.5. The van der Waals surface area contributed by atoms with E-state index in [1.807, 2.05) is 41.0 Å². The van der Waals surface area contributed by atoms with Gasteiger partial charge in [-0.2, -0.15) is 0 Å². The van der Waals surface area contributed by atoms with E-state index in [-0.39, 0.29) is 11.6 Å². The highest BCUT2D eigenvalue weighted by molar-refractivity contribution is 5.81. The second-order valence-electron chi connectivity index (χ2n) is 5.65. The fourth-order valence-electron chi connectivity index (χ4n) is 2.90. The van der Waals surface area contributed by atoms with E-state index in [0.29, 0.717) is 17.9 Å². The summed E-state index contributed by atoms with van der Waals surface area (Å²) in [6.07, 6.45) is 0. The molecule has 1 aromatic heterocycles. The number of benzene rings is 3. The van der Waals surface area contributed by atoms with Crippen molar-refractivity contribution in [3.63, 3.8) is 0 Å². The van der Waals surface area contributed by atoms with E-state index in [0.717, 1.165) is 16.6 Å². The third-order valence-electron chi connectivity index (χ3n) is 4.05. The third-order valence-corrected chi connectivity index (χ3v) is 4.05. The molecule has 0 radical (unpaired) electrons. The maximum Gasteiger partial charge on any atom is 0.141 e. The predicted octanol–water partition coefficient (Wildman–Crippen LogP) is 4.60. The van der Waals surface area contributed by atoms with Gasteiger partial charge in [0.25, 0.3) is 0 Å². The van der Waals surface area contributed by atoms with E-state index in [1.165, 1.54) is 6.07 Å². The molecule has 0 saturated heterocycles. The summed E-state index contributed by atoms with van der Waals surface area (Å²) in [6, 6.07) is 21.5. The molecule has 0 aliphatic heterocycles. The second-order valence-corrected chi connectivity index (χ2v) is 5.65. The lowest BCUT2D eigenvalue weighted by Crippen LogP contribution is -2.04. The van der Waals surface area contributed by atoms with Crippen molar-refractivity contribution in [3.05, 3.63) is 84.2 Å². The zero-order valence-electron chi connectivity index (χ0n) is 12.9. The highest BCUT2D eigenvalue weighted by Gasteiger charge is 2.14. The summed E-state index contributed by atoms with van der Waals surface area (Å²) in [5.41, 5.74) is 3.16. The Balaban J connectivity index is 1.92. The Morgan fingerprint density at radius 2 is 1.71 bits per heavy atom. The molecular weight excluding hydrogens is 303 g/mol. The molecule has 0 spiro atoms. The van der Waals surface area contributed by atoms with Gasteiger partial charge in [0.2, 0.25) is 0 Å². The molecule has 3 nitrogen and oxygen atoms in total. The smallest absolute Gasteiger partial charge is 0.141 e. The molecule has 4 rings (SSSR count). The summed E-state index contributed by atoms with van der Waals surface area (Å²) in [5, 5.41) is 9.78. The first-order chi connectivity index (χ1) is 11.7. The molecule has 0 bridgehead atoms. The van der Waals surface area contributed by atoms with Gasteiger partial charge in [-0.1, -0.05) is 42.5 Å². The minimum Gasteiger partial charge on any atom is -0.508 e. The summed E-state index contributed by atoms with van der Waals surface area (Å²) in [4.78, 5) is 4.68. The number of aromatic hydroxyl groups is 1. The van der Waals surface area contributed by atoms with Crippen LogP contribution in [-0.4, -0.2) is 14.7 Å². The van der Waals surface area contributed by atoms with E-state index in [2.05, 4.69) is 4.98 Å². The number of aromatic nitrogens is 2. The van der Waals surface area contributed by atoms with E-state index >= 15 is 0 Å². The number of phenols is 1. The van der Waals surface area contributed by atoms with Gasteiger partial charge in [-0.05, 0) is 30.3 Å². The normalized spacial score (nSPS) is 11.0. The van der Waals surface area contributed by atoms with Gasteiger partial charge in [0.1, 0.15) is 17.4 Å². The number of rotatable bonds is 3. The van der Waals surface area contributed by atoms with Gasteiger partial charge >= 0.3 is 0 Å². The first-order valence-electron chi connectivity index (χ1n) is 7.70. The van der Waals surface area contributed by atoms with Crippen LogP contribution in [0.5, 0.6) is 5.75 Å². The number of phenolic OH excluding ortho intramolecular Hbond substituents is 1. The van der Waals surface area contributed by atoms with Gasteiger partial charge in [-0.25, -0.2) is 9.37 Å². The van der Waals surface area contributed by atoms with Crippen LogP contribution in [-0.2, 0) is 6.54 Å². The molecule has 0 atom stereocenters. The highest BCUT2D eigenvalue weighted by Crippen LogP contribution is 2.28. The van der Waals surface area contributed by atoms with Crippen LogP contribution >= 0.6 is 0 Å². The number of para-hydroxylation sites is 2. The average Bonchev–Trinajstić information content (AvgIpc) is 2.96. The van der Waals surface area contributed by atoms with Crippen LogP contribution in [0.3, 0.4) is 0 Å². The molecule has 0 fully saturated rings. The second kappa shape index (κ2) is 5.81. The number of hydrogen-bond acceptors (Lipinski definition) is 2. The van der Waals surface area contributed by atoms with Gasteiger partial charge in [-0.3, -0.25) is 0 Å². The Labute approximate surface area is 138 Å². The van der Waals surface area contributed by atoms with Crippen LogP contribution in [0.2, 0.25) is 0 Å². The molecule has 0 saturated carbocycles. The zero-order valence-corrected chi connectivity index (χ0v) is 12.9. The van der Waals surface area contributed by atoms with Crippen molar-refractivity contribution in [2.24, 2.45) is 0 Å². The van der Waals surface area contributed by atoms with Crippen molar-refractivity contribution in [1.29, 1.82) is 0 Å². The van der Waals surface area contributed by atoms with Crippen LogP contribution < -0.4 is 0 Å². The molecule has 4 aromatic rings. The van der Waals surface area contributed by atoms with E-state index in [9.17, 15) is 9.50 Å². The van der Waals surface area contributed by atoms with Crippen LogP contribution in [0.4, 0.5) is 4.39 Å². The Morgan fingerprint density at radius 3 is 2.54 bits per heavy atom. The molecule has 0 aliphatic carbocycles. The van der Waals surface area contributed by atoms with Crippen LogP contribution in [0.25, 0.3) is 22.4 Å². The molecule has 1 N–H and O–H groups in total. The highest BCUT2D eigenvalue weighted by atomic mass is 19.1. The number of halogens is 1. The lowest BCUT2D eigenvalue weighted by molar-refractivity contribution is 0.475. The number of fused-ring (bicyclic) bond motifs is 1. The van der Waals surface area contributed by atoms with E-state index in [4.69, 9.17) is 0 Å². The summed E-state index contributed by atoms with van der Waals surface area (Å²) in [5.74, 6) is 0.643. The molecule has 4 heteroatoms. The van der Waals surface area contributed by atoms with Crippen molar-refractivity contribution in [2.75, 3.05) is 0 Å². The Hall–Kier alpha value is -3.14. The standard InChI is InChI=1S/C20H15FN2O/c21-17-9-2-1-6-15(17)13-23-19-11-4-3-10-18(19)22-20(23)14-7-5-8-16(24)12-14/h1-12,24H,13H2. The summed E-state index contributed by atoms with van der Waals surface area (Å²) >= 11 is 0. The summed E-state index contributed by atoms with van der Waals surface area (Å²) < 4.78 is 16.1. The molecule has 118 valence electrons. The molecule has 24 heavy (non-hydrogen) atoms. The molecule has 1 heterocycles. The lowest BCUT2D eigenvalue weighted by Gasteiger charge is -2.10. The van der Waals surface area contributed by atoms with Gasteiger partial charge in [0.15, 0.2) is 0 Å². The quantitative estimate of drug-likeness (QED) is 0.599. The van der Waals surface area contributed by atoms with Crippen molar-refractivity contribution in [1.82, 2.24) is 9.55 Å². The number of nitrogens with zero attached hydrogens (tertiary/aromatic N) is 2. The van der Waals surface area contributed by atoms with Crippen LogP contribution in [0, 0.1) is 5.82 Å². The number of imidazole rings is 1. The minimum absolute atomic E-state index is 0.178. The largest absolute Gasteiger partial charge is 0.508 e. The SMILES string of the molecule is Oc1cccc(-c2nc3ccccc3n2Cc2ccccc2F)c1. The predicted molar refractivity (Wildman–Crippen MR) is 92.3 cm³/mol. The van der Waals surface area contributed by atoms with E-state index < -0.39 is 0 Å². The zero-order chi connectivity index (χ0) is 16.5. The Bertz CT molecular complexity index is 1020.